The van der Waals surface area contributed by atoms with Crippen molar-refractivity contribution in [2.24, 2.45) is 0 Å². The number of nitrogens with one attached hydrogen (secondary N) is 1. The van der Waals surface area contributed by atoms with E-state index >= 15 is 0 Å². The molecule has 2 aromatic carbocycles. The molecule has 0 radical (unpaired) electrons. The lowest BCUT2D eigenvalue weighted by atomic mass is 10.2. The van der Waals surface area contributed by atoms with Crippen LogP contribution in [0, 0.1) is 5.82 Å². The summed E-state index contributed by atoms with van der Waals surface area (Å²) in [6.07, 6.45) is 4.44. The molecule has 3 rings (SSSR count). The standard InChI is InChI=1S/C17H18FNOS/c1-21-17-5-3-2-4-16(17)20-15-9-12(8-13(18)10-15)11-19-14-6-7-14/h2-5,8-10,14,19H,6-7,11H2,1H3. The number of rotatable bonds is 6. The molecule has 0 aliphatic heterocycles. The Balaban J connectivity index is 1.77. The van der Waals surface area contributed by atoms with Gasteiger partial charge in [-0.05, 0) is 48.9 Å². The summed E-state index contributed by atoms with van der Waals surface area (Å²) in [7, 11) is 0. The molecule has 0 atom stereocenters. The van der Waals surface area contributed by atoms with E-state index in [0.29, 0.717) is 18.3 Å². The summed E-state index contributed by atoms with van der Waals surface area (Å²) < 4.78 is 19.6. The lowest BCUT2D eigenvalue weighted by molar-refractivity contribution is 0.464. The Morgan fingerprint density at radius 2 is 2.05 bits per heavy atom. The average Bonchev–Trinajstić information content (AvgIpc) is 3.29. The minimum atomic E-state index is -0.262. The number of thioether (sulfide) groups is 1. The highest BCUT2D eigenvalue weighted by Crippen LogP contribution is 2.32. The molecule has 2 nitrogen and oxygen atoms in total. The van der Waals surface area contributed by atoms with Gasteiger partial charge in [-0.1, -0.05) is 12.1 Å². The maximum Gasteiger partial charge on any atom is 0.140 e. The van der Waals surface area contributed by atoms with Gasteiger partial charge < -0.3 is 10.1 Å². The van der Waals surface area contributed by atoms with E-state index < -0.39 is 0 Å². The monoisotopic (exact) mass is 303 g/mol. The van der Waals surface area contributed by atoms with Crippen molar-refractivity contribution >= 4 is 11.8 Å². The van der Waals surface area contributed by atoms with Crippen LogP contribution in [0.2, 0.25) is 0 Å². The summed E-state index contributed by atoms with van der Waals surface area (Å²) in [6.45, 7) is 0.683. The fourth-order valence-electron chi connectivity index (χ4n) is 2.16. The van der Waals surface area contributed by atoms with Gasteiger partial charge in [0.25, 0.3) is 0 Å². The van der Waals surface area contributed by atoms with Crippen molar-refractivity contribution in [3.63, 3.8) is 0 Å². The van der Waals surface area contributed by atoms with Crippen LogP contribution in [0.3, 0.4) is 0 Å². The Morgan fingerprint density at radius 3 is 2.81 bits per heavy atom. The third-order valence-corrected chi connectivity index (χ3v) is 4.18. The van der Waals surface area contributed by atoms with Gasteiger partial charge in [0.05, 0.1) is 0 Å². The maximum atomic E-state index is 13.7. The van der Waals surface area contributed by atoms with Gasteiger partial charge in [-0.3, -0.25) is 0 Å². The van der Waals surface area contributed by atoms with E-state index in [0.717, 1.165) is 16.2 Å². The van der Waals surface area contributed by atoms with Gasteiger partial charge in [0, 0.05) is 23.5 Å². The summed E-state index contributed by atoms with van der Waals surface area (Å²) in [4.78, 5) is 1.04. The minimum Gasteiger partial charge on any atom is -0.456 e. The van der Waals surface area contributed by atoms with Crippen LogP contribution in [0.25, 0.3) is 0 Å². The van der Waals surface area contributed by atoms with Crippen molar-refractivity contribution in [1.29, 1.82) is 0 Å². The van der Waals surface area contributed by atoms with Crippen molar-refractivity contribution in [2.45, 2.75) is 30.3 Å². The fraction of sp³-hybridized carbons (Fsp3) is 0.294. The quantitative estimate of drug-likeness (QED) is 0.789. The Hall–Kier alpha value is -1.52. The van der Waals surface area contributed by atoms with Gasteiger partial charge in [0.1, 0.15) is 17.3 Å². The first-order valence-corrected chi connectivity index (χ1v) is 8.31. The number of hydrogen-bond acceptors (Lipinski definition) is 3. The number of halogens is 1. The van der Waals surface area contributed by atoms with E-state index in [-0.39, 0.29) is 5.82 Å². The van der Waals surface area contributed by atoms with Gasteiger partial charge in [0.2, 0.25) is 0 Å². The zero-order chi connectivity index (χ0) is 14.7. The molecule has 0 unspecified atom stereocenters. The van der Waals surface area contributed by atoms with Crippen LogP contribution in [0.15, 0.2) is 47.4 Å². The molecular weight excluding hydrogens is 285 g/mol. The minimum absolute atomic E-state index is 0.262. The number of para-hydroxylation sites is 1. The maximum absolute atomic E-state index is 13.7. The highest BCUT2D eigenvalue weighted by atomic mass is 32.2. The molecule has 1 fully saturated rings. The Labute approximate surface area is 128 Å². The first-order chi connectivity index (χ1) is 10.2. The van der Waals surface area contributed by atoms with E-state index in [4.69, 9.17) is 4.74 Å². The zero-order valence-corrected chi connectivity index (χ0v) is 12.8. The van der Waals surface area contributed by atoms with Crippen LogP contribution in [0.5, 0.6) is 11.5 Å². The van der Waals surface area contributed by atoms with E-state index in [1.165, 1.54) is 18.9 Å². The summed E-state index contributed by atoms with van der Waals surface area (Å²) >= 11 is 1.61. The SMILES string of the molecule is CSc1ccccc1Oc1cc(F)cc(CNC2CC2)c1. The molecule has 1 aliphatic rings. The summed E-state index contributed by atoms with van der Waals surface area (Å²) in [5, 5.41) is 3.39. The van der Waals surface area contributed by atoms with Gasteiger partial charge in [-0.25, -0.2) is 4.39 Å². The van der Waals surface area contributed by atoms with E-state index in [1.54, 1.807) is 17.8 Å². The smallest absolute Gasteiger partial charge is 0.140 e. The van der Waals surface area contributed by atoms with E-state index in [2.05, 4.69) is 5.32 Å². The summed E-state index contributed by atoms with van der Waals surface area (Å²) in [5.41, 5.74) is 0.915. The van der Waals surface area contributed by atoms with Crippen LogP contribution in [-0.2, 0) is 6.54 Å². The lowest BCUT2D eigenvalue weighted by Crippen LogP contribution is -2.15. The van der Waals surface area contributed by atoms with Crippen LogP contribution < -0.4 is 10.1 Å². The van der Waals surface area contributed by atoms with E-state index in [9.17, 15) is 4.39 Å². The third kappa shape index (κ3) is 3.99. The predicted molar refractivity (Wildman–Crippen MR) is 84.6 cm³/mol. The average molecular weight is 303 g/mol. The zero-order valence-electron chi connectivity index (χ0n) is 11.9. The molecule has 1 N–H and O–H groups in total. The molecule has 2 aromatic rings. The molecule has 1 saturated carbocycles. The molecular formula is C17H18FNOS. The van der Waals surface area contributed by atoms with Gasteiger partial charge >= 0.3 is 0 Å². The molecule has 4 heteroatoms. The fourth-order valence-corrected chi connectivity index (χ4v) is 2.69. The van der Waals surface area contributed by atoms with Crippen molar-refractivity contribution in [1.82, 2.24) is 5.32 Å². The molecule has 0 aromatic heterocycles. The topological polar surface area (TPSA) is 21.3 Å². The molecule has 0 saturated heterocycles. The normalized spacial score (nSPS) is 14.2. The van der Waals surface area contributed by atoms with E-state index in [1.807, 2.05) is 36.6 Å². The highest BCUT2D eigenvalue weighted by molar-refractivity contribution is 7.98. The summed E-state index contributed by atoms with van der Waals surface area (Å²) in [6, 6.07) is 13.3. The first-order valence-electron chi connectivity index (χ1n) is 7.08. The van der Waals surface area contributed by atoms with Gasteiger partial charge in [0.15, 0.2) is 0 Å². The Kier molecular flexibility index (Phi) is 4.46. The molecule has 0 spiro atoms. The Bertz CT molecular complexity index is 628. The second kappa shape index (κ2) is 6.50. The molecule has 0 heterocycles. The van der Waals surface area contributed by atoms with Crippen LogP contribution in [0.1, 0.15) is 18.4 Å². The molecule has 110 valence electrons. The van der Waals surface area contributed by atoms with Crippen LogP contribution >= 0.6 is 11.8 Å². The van der Waals surface area contributed by atoms with Crippen LogP contribution in [0.4, 0.5) is 4.39 Å². The second-order valence-electron chi connectivity index (χ2n) is 5.20. The summed E-state index contributed by atoms with van der Waals surface area (Å²) in [5.74, 6) is 1.04. The predicted octanol–water partition coefficient (Wildman–Crippen LogP) is 4.59. The molecule has 0 amide bonds. The highest BCUT2D eigenvalue weighted by Gasteiger charge is 2.20. The largest absolute Gasteiger partial charge is 0.456 e. The Morgan fingerprint density at radius 1 is 1.24 bits per heavy atom. The van der Waals surface area contributed by atoms with Crippen molar-refractivity contribution < 1.29 is 9.13 Å². The number of hydrogen-bond donors (Lipinski definition) is 1. The van der Waals surface area contributed by atoms with Crippen LogP contribution in [-0.4, -0.2) is 12.3 Å². The third-order valence-electron chi connectivity index (χ3n) is 3.40. The van der Waals surface area contributed by atoms with Crippen molar-refractivity contribution in [2.75, 3.05) is 6.26 Å². The second-order valence-corrected chi connectivity index (χ2v) is 6.05. The van der Waals surface area contributed by atoms with Gasteiger partial charge in [-0.15, -0.1) is 11.8 Å². The molecule has 0 bridgehead atoms. The molecule has 1 aliphatic carbocycles. The van der Waals surface area contributed by atoms with Crippen molar-refractivity contribution in [3.05, 3.63) is 53.8 Å². The first kappa shape index (κ1) is 14.4. The number of ether oxygens (including phenoxy) is 1. The number of benzene rings is 2. The van der Waals surface area contributed by atoms with Gasteiger partial charge in [-0.2, -0.15) is 0 Å². The molecule has 21 heavy (non-hydrogen) atoms. The lowest BCUT2D eigenvalue weighted by Gasteiger charge is -2.11. The van der Waals surface area contributed by atoms with Crippen molar-refractivity contribution in [3.8, 4) is 11.5 Å².